The van der Waals surface area contributed by atoms with Gasteiger partial charge in [-0.2, -0.15) is 0 Å². The number of halogens is 2. The van der Waals surface area contributed by atoms with Crippen molar-refractivity contribution in [1.29, 1.82) is 0 Å². The normalized spacial score (nSPS) is 22.9. The van der Waals surface area contributed by atoms with Crippen LogP contribution in [0, 0.1) is 0 Å². The summed E-state index contributed by atoms with van der Waals surface area (Å²) in [5.41, 5.74) is 0.989. The quantitative estimate of drug-likeness (QED) is 0.802. The fourth-order valence-corrected chi connectivity index (χ4v) is 3.73. The number of piperidine rings is 2. The molecule has 4 nitrogen and oxygen atoms in total. The maximum Gasteiger partial charge on any atom is 0.250 e. The first-order valence-electron chi connectivity index (χ1n) is 9.73. The van der Waals surface area contributed by atoms with Gasteiger partial charge in [0.25, 0.3) is 5.92 Å². The second-order valence-electron chi connectivity index (χ2n) is 7.57. The molecular formula is C20H30F2N2O2. The maximum atomic E-state index is 13.3. The standard InChI is InChI=1S/C20H30F2N2O2/c21-20(22)8-12-24(13-9-20)14-17-6-2-3-7-19(17)26-16-18(25)15-23-10-4-1-5-11-23/h2-3,6-7,18,25H,1,4-5,8-16H2/t18-/m1/s1. The minimum absolute atomic E-state index is 0.0788. The minimum Gasteiger partial charge on any atom is -0.491 e. The Hall–Kier alpha value is -1.24. The first kappa shape index (κ1) is 19.5. The molecule has 2 aliphatic rings. The summed E-state index contributed by atoms with van der Waals surface area (Å²) < 4.78 is 32.5. The van der Waals surface area contributed by atoms with Crippen molar-refractivity contribution in [3.8, 4) is 5.75 Å². The Bertz CT molecular complexity index is 554. The van der Waals surface area contributed by atoms with Crippen LogP contribution in [0.2, 0.25) is 0 Å². The van der Waals surface area contributed by atoms with E-state index < -0.39 is 12.0 Å². The number of nitrogens with zero attached hydrogens (tertiary/aromatic N) is 2. The second-order valence-corrected chi connectivity index (χ2v) is 7.57. The van der Waals surface area contributed by atoms with Crippen molar-refractivity contribution < 1.29 is 18.6 Å². The number of ether oxygens (including phenoxy) is 1. The van der Waals surface area contributed by atoms with Crippen molar-refractivity contribution >= 4 is 0 Å². The van der Waals surface area contributed by atoms with Gasteiger partial charge in [-0.25, -0.2) is 8.78 Å². The number of rotatable bonds is 7. The topological polar surface area (TPSA) is 35.9 Å². The number of benzene rings is 1. The molecule has 0 unspecified atom stereocenters. The lowest BCUT2D eigenvalue weighted by Gasteiger charge is -2.32. The molecule has 3 rings (SSSR count). The first-order chi connectivity index (χ1) is 12.5. The molecule has 2 fully saturated rings. The Labute approximate surface area is 154 Å². The number of alkyl halides is 2. The van der Waals surface area contributed by atoms with Gasteiger partial charge in [-0.15, -0.1) is 0 Å². The molecule has 0 radical (unpaired) electrons. The van der Waals surface area contributed by atoms with E-state index >= 15 is 0 Å². The molecule has 2 heterocycles. The zero-order valence-electron chi connectivity index (χ0n) is 15.4. The van der Waals surface area contributed by atoms with Gasteiger partial charge in [0.15, 0.2) is 0 Å². The number of hydrogen-bond donors (Lipinski definition) is 1. The Morgan fingerprint density at radius 2 is 1.69 bits per heavy atom. The summed E-state index contributed by atoms with van der Waals surface area (Å²) >= 11 is 0. The molecule has 0 aromatic heterocycles. The lowest BCUT2D eigenvalue weighted by atomic mass is 10.1. The van der Waals surface area contributed by atoms with Crippen LogP contribution >= 0.6 is 0 Å². The third kappa shape index (κ3) is 5.89. The highest BCUT2D eigenvalue weighted by Crippen LogP contribution is 2.29. The van der Waals surface area contributed by atoms with E-state index in [1.807, 2.05) is 29.2 Å². The van der Waals surface area contributed by atoms with Crippen LogP contribution in [0.3, 0.4) is 0 Å². The molecule has 0 spiro atoms. The Morgan fingerprint density at radius 1 is 1.00 bits per heavy atom. The molecule has 1 atom stereocenters. The third-order valence-electron chi connectivity index (χ3n) is 5.30. The van der Waals surface area contributed by atoms with Gasteiger partial charge in [0.05, 0.1) is 0 Å². The summed E-state index contributed by atoms with van der Waals surface area (Å²) in [6, 6.07) is 7.70. The van der Waals surface area contributed by atoms with Crippen molar-refractivity contribution in [1.82, 2.24) is 9.80 Å². The SMILES string of the molecule is O[C@@H](COc1ccccc1CN1CCC(F)(F)CC1)CN1CCCCC1. The van der Waals surface area contributed by atoms with E-state index in [9.17, 15) is 13.9 Å². The predicted molar refractivity (Wildman–Crippen MR) is 97.7 cm³/mol. The summed E-state index contributed by atoms with van der Waals surface area (Å²) in [4.78, 5) is 4.33. The summed E-state index contributed by atoms with van der Waals surface area (Å²) in [7, 11) is 0. The maximum absolute atomic E-state index is 13.3. The largest absolute Gasteiger partial charge is 0.491 e. The van der Waals surface area contributed by atoms with Gasteiger partial charge in [-0.1, -0.05) is 24.6 Å². The fourth-order valence-electron chi connectivity index (χ4n) is 3.73. The molecule has 26 heavy (non-hydrogen) atoms. The van der Waals surface area contributed by atoms with Crippen LogP contribution in [0.5, 0.6) is 5.75 Å². The lowest BCUT2D eigenvalue weighted by molar-refractivity contribution is -0.0567. The lowest BCUT2D eigenvalue weighted by Crippen LogP contribution is -2.39. The second kappa shape index (κ2) is 9.11. The Kier molecular flexibility index (Phi) is 6.84. The van der Waals surface area contributed by atoms with Crippen molar-refractivity contribution in [3.63, 3.8) is 0 Å². The van der Waals surface area contributed by atoms with Crippen LogP contribution in [-0.4, -0.2) is 66.3 Å². The van der Waals surface area contributed by atoms with E-state index in [0.29, 0.717) is 26.2 Å². The van der Waals surface area contributed by atoms with E-state index in [2.05, 4.69) is 4.90 Å². The van der Waals surface area contributed by atoms with Gasteiger partial charge in [0, 0.05) is 44.6 Å². The Morgan fingerprint density at radius 3 is 2.42 bits per heavy atom. The number of likely N-dealkylation sites (tertiary alicyclic amines) is 2. The molecule has 0 aliphatic carbocycles. The van der Waals surface area contributed by atoms with E-state index in [4.69, 9.17) is 4.74 Å². The predicted octanol–water partition coefficient (Wildman–Crippen LogP) is 3.14. The van der Waals surface area contributed by atoms with Gasteiger partial charge in [-0.05, 0) is 32.0 Å². The number of β-amino-alcohol motifs (C(OH)–C–C–N with tert-alkyl or cyclic N) is 1. The molecule has 0 bridgehead atoms. The molecule has 0 saturated carbocycles. The molecule has 0 amide bonds. The summed E-state index contributed by atoms with van der Waals surface area (Å²) in [5.74, 6) is -1.78. The molecule has 6 heteroatoms. The highest BCUT2D eigenvalue weighted by atomic mass is 19.3. The zero-order chi connectivity index (χ0) is 18.4. The van der Waals surface area contributed by atoms with E-state index in [1.165, 1.54) is 19.3 Å². The van der Waals surface area contributed by atoms with Gasteiger partial charge < -0.3 is 14.7 Å². The van der Waals surface area contributed by atoms with Crippen molar-refractivity contribution in [2.45, 2.75) is 50.7 Å². The summed E-state index contributed by atoms with van der Waals surface area (Å²) in [5, 5.41) is 10.3. The molecule has 2 aliphatic heterocycles. The van der Waals surface area contributed by atoms with Crippen molar-refractivity contribution in [2.75, 3.05) is 39.3 Å². The first-order valence-corrected chi connectivity index (χ1v) is 9.73. The van der Waals surface area contributed by atoms with E-state index in [1.54, 1.807) is 0 Å². The highest BCUT2D eigenvalue weighted by molar-refractivity contribution is 5.33. The molecular weight excluding hydrogens is 338 g/mol. The smallest absolute Gasteiger partial charge is 0.250 e. The third-order valence-corrected chi connectivity index (χ3v) is 5.30. The fraction of sp³-hybridized carbons (Fsp3) is 0.700. The van der Waals surface area contributed by atoms with Crippen LogP contribution in [0.4, 0.5) is 8.78 Å². The molecule has 2 saturated heterocycles. The van der Waals surface area contributed by atoms with E-state index in [0.717, 1.165) is 24.4 Å². The monoisotopic (exact) mass is 368 g/mol. The average Bonchev–Trinajstić information content (AvgIpc) is 2.63. The van der Waals surface area contributed by atoms with Crippen LogP contribution in [-0.2, 0) is 6.54 Å². The number of hydrogen-bond acceptors (Lipinski definition) is 4. The van der Waals surface area contributed by atoms with Crippen LogP contribution in [0.1, 0.15) is 37.7 Å². The van der Waals surface area contributed by atoms with E-state index in [-0.39, 0.29) is 19.4 Å². The summed E-state index contributed by atoms with van der Waals surface area (Å²) in [6.07, 6.45) is 3.00. The number of aliphatic hydroxyl groups is 1. The highest BCUT2D eigenvalue weighted by Gasteiger charge is 2.34. The number of aliphatic hydroxyl groups excluding tert-OH is 1. The van der Waals surface area contributed by atoms with Crippen LogP contribution in [0.25, 0.3) is 0 Å². The molecule has 1 aromatic rings. The minimum atomic E-state index is -2.52. The van der Waals surface area contributed by atoms with Gasteiger partial charge in [0.1, 0.15) is 18.5 Å². The van der Waals surface area contributed by atoms with Gasteiger partial charge in [0.2, 0.25) is 0 Å². The van der Waals surface area contributed by atoms with Gasteiger partial charge >= 0.3 is 0 Å². The zero-order valence-corrected chi connectivity index (χ0v) is 15.4. The van der Waals surface area contributed by atoms with Crippen LogP contribution in [0.15, 0.2) is 24.3 Å². The average molecular weight is 368 g/mol. The van der Waals surface area contributed by atoms with Crippen molar-refractivity contribution in [3.05, 3.63) is 29.8 Å². The van der Waals surface area contributed by atoms with Crippen molar-refractivity contribution in [2.24, 2.45) is 0 Å². The van der Waals surface area contributed by atoms with Gasteiger partial charge in [-0.3, -0.25) is 4.90 Å². The van der Waals surface area contributed by atoms with Crippen LogP contribution < -0.4 is 4.74 Å². The molecule has 146 valence electrons. The molecule has 1 aromatic carbocycles. The summed E-state index contributed by atoms with van der Waals surface area (Å²) in [6.45, 7) is 4.40. The molecule has 1 N–H and O–H groups in total. The Balaban J connectivity index is 1.49. The number of para-hydroxylation sites is 1.